The van der Waals surface area contributed by atoms with Crippen molar-refractivity contribution in [2.24, 2.45) is 4.99 Å². The first-order valence-corrected chi connectivity index (χ1v) is 20.3. The molecule has 0 spiro atoms. The number of aliphatic imine (C=N–C) groups is 1. The van der Waals surface area contributed by atoms with Gasteiger partial charge in [-0.25, -0.2) is 4.99 Å². The smallest absolute Gasteiger partial charge is 0.159 e. The molecule has 2 unspecified atom stereocenters. The summed E-state index contributed by atoms with van der Waals surface area (Å²) in [7, 11) is 0. The lowest BCUT2D eigenvalue weighted by Gasteiger charge is -2.32. The number of rotatable bonds is 7. The van der Waals surface area contributed by atoms with E-state index in [2.05, 4.69) is 214 Å². The molecule has 0 amide bonds. The third-order valence-electron chi connectivity index (χ3n) is 11.1. The number of nitrogens with zero attached hydrogens (tertiary/aromatic N) is 3. The van der Waals surface area contributed by atoms with Gasteiger partial charge >= 0.3 is 0 Å². The predicted octanol–water partition coefficient (Wildman–Crippen LogP) is 11.5. The molecule has 6 heteroatoms. The van der Waals surface area contributed by atoms with Gasteiger partial charge in [-0.2, -0.15) is 0 Å². The Morgan fingerprint density at radius 2 is 1.02 bits per heavy atom. The number of benzene rings is 8. The first-order valence-electron chi connectivity index (χ1n) is 19.4. The topological polar surface area (TPSA) is 46.3 Å². The SMILES string of the molecule is c1ccc([SH+]c2ccc3c(c2)c2cc4c5ccccc5n(-c5ccccc5)c4cc2n3-c2cccc(C3N=C(c4ccccc4)NC(c4ccccc4)N3)c2)cc1. The van der Waals surface area contributed by atoms with Crippen LogP contribution in [0.3, 0.4) is 0 Å². The Bertz CT molecular complexity index is 3100. The third kappa shape index (κ3) is 5.98. The lowest BCUT2D eigenvalue weighted by molar-refractivity contribution is 0.409. The van der Waals surface area contributed by atoms with Crippen molar-refractivity contribution in [3.63, 3.8) is 0 Å². The summed E-state index contributed by atoms with van der Waals surface area (Å²) in [6, 6.07) is 71.9. The Morgan fingerprint density at radius 3 is 1.81 bits per heavy atom. The molecule has 8 aromatic carbocycles. The molecule has 272 valence electrons. The summed E-state index contributed by atoms with van der Waals surface area (Å²) in [5.41, 5.74) is 10.3. The molecule has 0 aliphatic carbocycles. The van der Waals surface area contributed by atoms with Gasteiger partial charge in [0.2, 0.25) is 0 Å². The van der Waals surface area contributed by atoms with Gasteiger partial charge in [-0.15, -0.1) is 0 Å². The Balaban J connectivity index is 1.12. The lowest BCUT2D eigenvalue weighted by atomic mass is 10.1. The molecule has 0 bridgehead atoms. The minimum Gasteiger partial charge on any atom is -0.350 e. The number of amidine groups is 1. The van der Waals surface area contributed by atoms with Gasteiger partial charge in [-0.1, -0.05) is 127 Å². The van der Waals surface area contributed by atoms with E-state index in [0.29, 0.717) is 0 Å². The number of nitrogens with one attached hydrogen (secondary N) is 2. The van der Waals surface area contributed by atoms with Gasteiger partial charge in [-0.05, 0) is 77.9 Å². The lowest BCUT2D eigenvalue weighted by Crippen LogP contribution is -2.44. The van der Waals surface area contributed by atoms with Gasteiger partial charge in [0, 0.05) is 56.3 Å². The number of aromatic nitrogens is 2. The summed E-state index contributed by atoms with van der Waals surface area (Å²) in [6.07, 6.45) is -0.389. The van der Waals surface area contributed by atoms with Crippen LogP contribution in [0.5, 0.6) is 0 Å². The summed E-state index contributed by atoms with van der Waals surface area (Å²) in [5, 5.41) is 12.5. The molecule has 10 aromatic rings. The molecule has 0 saturated carbocycles. The van der Waals surface area contributed by atoms with Crippen molar-refractivity contribution < 1.29 is 0 Å². The second-order valence-electron chi connectivity index (χ2n) is 14.6. The van der Waals surface area contributed by atoms with Crippen molar-refractivity contribution in [3.05, 3.63) is 217 Å². The highest BCUT2D eigenvalue weighted by molar-refractivity contribution is 7.78. The molecule has 2 atom stereocenters. The molecule has 1 aliphatic rings. The molecule has 57 heavy (non-hydrogen) atoms. The number of fused-ring (bicyclic) bond motifs is 6. The van der Waals surface area contributed by atoms with Crippen LogP contribution in [-0.2, 0) is 11.8 Å². The Kier molecular flexibility index (Phi) is 8.23. The normalized spacial score (nSPS) is 15.6. The van der Waals surface area contributed by atoms with Crippen LogP contribution in [0.4, 0.5) is 0 Å². The molecule has 3 heterocycles. The van der Waals surface area contributed by atoms with E-state index in [-0.39, 0.29) is 12.3 Å². The average molecular weight is 753 g/mol. The molecular weight excluding hydrogens is 715 g/mol. The third-order valence-corrected chi connectivity index (χ3v) is 12.2. The number of para-hydroxylation sites is 2. The highest BCUT2D eigenvalue weighted by Crippen LogP contribution is 2.40. The second kappa shape index (κ2) is 14.0. The largest absolute Gasteiger partial charge is 0.350 e. The van der Waals surface area contributed by atoms with Crippen molar-refractivity contribution in [2.45, 2.75) is 22.1 Å². The van der Waals surface area contributed by atoms with E-state index in [1.54, 1.807) is 0 Å². The van der Waals surface area contributed by atoms with Crippen LogP contribution < -0.4 is 10.6 Å². The van der Waals surface area contributed by atoms with Crippen LogP contribution >= 0.6 is 0 Å². The Hall–Kier alpha value is -6.86. The van der Waals surface area contributed by atoms with Crippen molar-refractivity contribution in [1.82, 2.24) is 19.8 Å². The molecule has 1 aliphatic heterocycles. The Labute approximate surface area is 334 Å². The monoisotopic (exact) mass is 752 g/mol. The van der Waals surface area contributed by atoms with Crippen LogP contribution in [0.15, 0.2) is 215 Å². The maximum absolute atomic E-state index is 5.29. The molecule has 0 fully saturated rings. The fraction of sp³-hybridized carbons (Fsp3) is 0.0392. The highest BCUT2D eigenvalue weighted by atomic mass is 32.2. The van der Waals surface area contributed by atoms with E-state index in [4.69, 9.17) is 4.99 Å². The maximum Gasteiger partial charge on any atom is 0.159 e. The van der Waals surface area contributed by atoms with E-state index < -0.39 is 0 Å². The first kappa shape index (κ1) is 33.5. The second-order valence-corrected chi connectivity index (χ2v) is 15.8. The molecule has 0 radical (unpaired) electrons. The van der Waals surface area contributed by atoms with Crippen LogP contribution in [0.2, 0.25) is 0 Å². The van der Waals surface area contributed by atoms with E-state index in [0.717, 1.165) is 39.4 Å². The first-order chi connectivity index (χ1) is 28.2. The number of hydrogen-bond acceptors (Lipinski definition) is 3. The summed E-state index contributed by atoms with van der Waals surface area (Å²) in [6.45, 7) is 0. The zero-order chi connectivity index (χ0) is 37.7. The predicted molar refractivity (Wildman–Crippen MR) is 238 cm³/mol. The van der Waals surface area contributed by atoms with E-state index in [1.807, 2.05) is 6.07 Å². The number of hydrogen-bond donors (Lipinski definition) is 2. The van der Waals surface area contributed by atoms with Gasteiger partial charge < -0.3 is 14.5 Å². The fourth-order valence-corrected chi connectivity index (χ4v) is 9.41. The standard InChI is InChI=1S/C51H37N5S/c1-5-16-34(17-6-1)49-52-50(35-18-7-2-8-19-35)54-51(53-49)36-20-15-23-38(30-36)56-46-29-28-40(57-39-24-11-4-12-25-39)31-42(46)44-32-43-41-26-13-14-27-45(41)55(47(43)33-48(44)56)37-21-9-3-10-22-37/h1-33,49,51,53H,(H,52,54)/p+1. The van der Waals surface area contributed by atoms with Gasteiger partial charge in [0.25, 0.3) is 0 Å². The Morgan fingerprint density at radius 1 is 0.421 bits per heavy atom. The summed E-state index contributed by atoms with van der Waals surface area (Å²) in [5.74, 6) is 0.872. The minimum absolute atomic E-state index is 0.115. The van der Waals surface area contributed by atoms with E-state index in [1.165, 1.54) is 59.6 Å². The summed E-state index contributed by atoms with van der Waals surface area (Å²) >= 11 is 1.18. The zero-order valence-corrected chi connectivity index (χ0v) is 31.9. The molecule has 11 rings (SSSR count). The van der Waals surface area contributed by atoms with Crippen molar-refractivity contribution >= 4 is 61.2 Å². The molecule has 0 saturated heterocycles. The van der Waals surface area contributed by atoms with Crippen molar-refractivity contribution in [2.75, 3.05) is 0 Å². The molecule has 2 N–H and O–H groups in total. The van der Waals surface area contributed by atoms with Crippen molar-refractivity contribution in [1.29, 1.82) is 0 Å². The van der Waals surface area contributed by atoms with Crippen LogP contribution in [-0.4, -0.2) is 15.0 Å². The van der Waals surface area contributed by atoms with Crippen LogP contribution in [0, 0.1) is 0 Å². The van der Waals surface area contributed by atoms with Gasteiger partial charge in [0.1, 0.15) is 18.2 Å². The van der Waals surface area contributed by atoms with Crippen molar-refractivity contribution in [3.8, 4) is 11.4 Å². The van der Waals surface area contributed by atoms with Gasteiger partial charge in [0.15, 0.2) is 9.79 Å². The maximum atomic E-state index is 5.29. The molecule has 5 nitrogen and oxygen atoms in total. The fourth-order valence-electron chi connectivity index (χ4n) is 8.45. The van der Waals surface area contributed by atoms with Crippen LogP contribution in [0.1, 0.15) is 29.0 Å². The molecular formula is C51H38N5S+. The summed E-state index contributed by atoms with van der Waals surface area (Å²) < 4.78 is 4.85. The average Bonchev–Trinajstić information content (AvgIpc) is 3.78. The van der Waals surface area contributed by atoms with Gasteiger partial charge in [0.05, 0.1) is 22.1 Å². The quantitative estimate of drug-likeness (QED) is 0.126. The van der Waals surface area contributed by atoms with E-state index in [9.17, 15) is 0 Å². The highest BCUT2D eigenvalue weighted by Gasteiger charge is 2.26. The summed E-state index contributed by atoms with van der Waals surface area (Å²) in [4.78, 5) is 7.83. The minimum atomic E-state index is -0.275. The van der Waals surface area contributed by atoms with E-state index >= 15 is 0 Å². The van der Waals surface area contributed by atoms with Crippen LogP contribution in [0.25, 0.3) is 55.0 Å². The zero-order valence-electron chi connectivity index (χ0n) is 31.0. The van der Waals surface area contributed by atoms with Gasteiger partial charge in [-0.3, -0.25) is 5.32 Å². The molecule has 2 aromatic heterocycles. The number of thiol groups is 1.